The molecule has 0 amide bonds. The predicted octanol–water partition coefficient (Wildman–Crippen LogP) is 2.37. The van der Waals surface area contributed by atoms with Crippen LogP contribution >= 0.6 is 27.5 Å². The van der Waals surface area contributed by atoms with Crippen LogP contribution in [0.2, 0.25) is 5.15 Å². The minimum Gasteiger partial charge on any atom is -0.224 e. The topological polar surface area (TPSA) is 36.7 Å². The van der Waals surface area contributed by atoms with E-state index in [2.05, 4.69) is 20.9 Å². The third-order valence-electron chi connectivity index (χ3n) is 0.918. The summed E-state index contributed by atoms with van der Waals surface area (Å²) in [5.41, 5.74) is 0.327. The summed E-state index contributed by atoms with van der Waals surface area (Å²) in [4.78, 5) is 3.75. The minimum atomic E-state index is 0.319. The Morgan fingerprint density at radius 2 is 2.30 bits per heavy atom. The van der Waals surface area contributed by atoms with Crippen molar-refractivity contribution in [2.75, 3.05) is 0 Å². The van der Waals surface area contributed by atoms with Crippen molar-refractivity contribution in [3.63, 3.8) is 0 Å². The molecule has 0 radical (unpaired) electrons. The maximum Gasteiger partial charge on any atom is 0.144 e. The second-order valence-corrected chi connectivity index (χ2v) is 2.79. The highest BCUT2D eigenvalue weighted by Gasteiger charge is 1.97. The molecule has 0 atom stereocenters. The van der Waals surface area contributed by atoms with Gasteiger partial charge >= 0.3 is 0 Å². The number of rotatable bonds is 0. The quantitative estimate of drug-likeness (QED) is 0.626. The largest absolute Gasteiger partial charge is 0.224 e. The van der Waals surface area contributed by atoms with E-state index in [4.69, 9.17) is 16.9 Å². The number of halogens is 2. The fourth-order valence-corrected chi connectivity index (χ4v) is 0.854. The van der Waals surface area contributed by atoms with Crippen LogP contribution in [0.5, 0.6) is 0 Å². The number of nitriles is 1. The van der Waals surface area contributed by atoms with Crippen molar-refractivity contribution in [2.45, 2.75) is 0 Å². The van der Waals surface area contributed by atoms with Crippen LogP contribution in [0, 0.1) is 11.3 Å². The summed E-state index contributed by atoms with van der Waals surface area (Å²) < 4.78 is 0.702. The fraction of sp³-hybridized carbons (Fsp3) is 0. The smallest absolute Gasteiger partial charge is 0.144 e. The third-order valence-corrected chi connectivity index (χ3v) is 2.07. The summed E-state index contributed by atoms with van der Waals surface area (Å²) in [5, 5.41) is 8.69. The van der Waals surface area contributed by atoms with Crippen molar-refractivity contribution >= 4 is 27.5 Å². The molecule has 0 saturated heterocycles. The molecule has 0 N–H and O–H groups in total. The Labute approximate surface area is 71.6 Å². The molecule has 10 heavy (non-hydrogen) atoms. The average molecular weight is 217 g/mol. The van der Waals surface area contributed by atoms with E-state index in [0.717, 1.165) is 0 Å². The van der Waals surface area contributed by atoms with Crippen molar-refractivity contribution in [2.24, 2.45) is 0 Å². The van der Waals surface area contributed by atoms with E-state index in [1.165, 1.54) is 0 Å². The van der Waals surface area contributed by atoms with Gasteiger partial charge in [0.05, 0.1) is 4.47 Å². The first kappa shape index (κ1) is 7.52. The van der Waals surface area contributed by atoms with Gasteiger partial charge in [0.1, 0.15) is 16.9 Å². The Balaban J connectivity index is 3.20. The van der Waals surface area contributed by atoms with Gasteiger partial charge in [-0.15, -0.1) is 0 Å². The molecule has 2 nitrogen and oxygen atoms in total. The van der Waals surface area contributed by atoms with E-state index < -0.39 is 0 Å². The molecule has 0 spiro atoms. The van der Waals surface area contributed by atoms with Gasteiger partial charge in [-0.05, 0) is 28.1 Å². The molecule has 0 aliphatic heterocycles. The summed E-state index contributed by atoms with van der Waals surface area (Å²) in [5.74, 6) is 0. The number of aromatic nitrogens is 1. The van der Waals surface area contributed by atoms with Crippen molar-refractivity contribution in [1.82, 2.24) is 4.98 Å². The van der Waals surface area contributed by atoms with Gasteiger partial charge in [0, 0.05) is 0 Å². The zero-order valence-electron chi connectivity index (χ0n) is 4.81. The lowest BCUT2D eigenvalue weighted by Crippen LogP contribution is -1.81. The molecule has 0 aliphatic carbocycles. The van der Waals surface area contributed by atoms with Crippen LogP contribution in [-0.2, 0) is 0 Å². The monoisotopic (exact) mass is 216 g/mol. The van der Waals surface area contributed by atoms with Gasteiger partial charge in [0.15, 0.2) is 0 Å². The van der Waals surface area contributed by atoms with Crippen molar-refractivity contribution in [3.8, 4) is 6.07 Å². The van der Waals surface area contributed by atoms with Gasteiger partial charge in [0.2, 0.25) is 0 Å². The van der Waals surface area contributed by atoms with Crippen LogP contribution in [0.15, 0.2) is 16.6 Å². The summed E-state index contributed by atoms with van der Waals surface area (Å²) >= 11 is 8.74. The van der Waals surface area contributed by atoms with Crippen LogP contribution in [0.3, 0.4) is 0 Å². The van der Waals surface area contributed by atoms with Crippen molar-refractivity contribution in [1.29, 1.82) is 5.26 Å². The first-order chi connectivity index (χ1) is 4.74. The first-order valence-electron chi connectivity index (χ1n) is 2.46. The first-order valence-corrected chi connectivity index (χ1v) is 3.63. The molecule has 0 unspecified atom stereocenters. The summed E-state index contributed by atoms with van der Waals surface area (Å²) in [6.45, 7) is 0. The second kappa shape index (κ2) is 3.00. The number of nitrogens with zero attached hydrogens (tertiary/aromatic N) is 2. The Bertz CT molecular complexity index is 292. The van der Waals surface area contributed by atoms with Crippen LogP contribution in [-0.4, -0.2) is 4.98 Å². The average Bonchev–Trinajstić information content (AvgIpc) is 1.95. The van der Waals surface area contributed by atoms with Gasteiger partial charge < -0.3 is 0 Å². The zero-order chi connectivity index (χ0) is 7.56. The Morgan fingerprint density at radius 3 is 2.80 bits per heavy atom. The summed E-state index contributed by atoms with van der Waals surface area (Å²) in [7, 11) is 0. The van der Waals surface area contributed by atoms with Crippen LogP contribution in [0.4, 0.5) is 0 Å². The molecular formula is C6H2BrClN2. The van der Waals surface area contributed by atoms with E-state index in [0.29, 0.717) is 15.3 Å². The van der Waals surface area contributed by atoms with E-state index in [9.17, 15) is 0 Å². The molecule has 1 heterocycles. The predicted molar refractivity (Wildman–Crippen MR) is 41.7 cm³/mol. The van der Waals surface area contributed by atoms with Gasteiger partial charge in [0.25, 0.3) is 0 Å². The maximum atomic E-state index is 8.37. The van der Waals surface area contributed by atoms with Crippen LogP contribution in [0.1, 0.15) is 5.69 Å². The van der Waals surface area contributed by atoms with Crippen molar-refractivity contribution < 1.29 is 0 Å². The minimum absolute atomic E-state index is 0.319. The highest BCUT2D eigenvalue weighted by atomic mass is 79.9. The molecule has 4 heteroatoms. The van der Waals surface area contributed by atoms with Crippen LogP contribution < -0.4 is 0 Å². The lowest BCUT2D eigenvalue weighted by atomic mass is 10.4. The fourth-order valence-electron chi connectivity index (χ4n) is 0.480. The molecule has 1 aromatic rings. The lowest BCUT2D eigenvalue weighted by molar-refractivity contribution is 1.25. The maximum absolute atomic E-state index is 8.37. The van der Waals surface area contributed by atoms with Gasteiger partial charge in [-0.25, -0.2) is 4.98 Å². The molecule has 1 rings (SSSR count). The Kier molecular flexibility index (Phi) is 2.25. The Morgan fingerprint density at radius 1 is 1.60 bits per heavy atom. The van der Waals surface area contributed by atoms with Gasteiger partial charge in [-0.1, -0.05) is 11.6 Å². The molecule has 1 aromatic heterocycles. The molecule has 0 fully saturated rings. The van der Waals surface area contributed by atoms with E-state index >= 15 is 0 Å². The van der Waals surface area contributed by atoms with E-state index in [1.807, 2.05) is 6.07 Å². The molecule has 50 valence electrons. The summed E-state index contributed by atoms with van der Waals surface area (Å²) in [6.07, 6.45) is 0. The van der Waals surface area contributed by atoms with Crippen LogP contribution in [0.25, 0.3) is 0 Å². The number of pyridine rings is 1. The zero-order valence-corrected chi connectivity index (χ0v) is 7.15. The highest BCUT2D eigenvalue weighted by molar-refractivity contribution is 9.10. The normalized spacial score (nSPS) is 8.90. The van der Waals surface area contributed by atoms with Gasteiger partial charge in [-0.2, -0.15) is 5.26 Å². The Hall–Kier alpha value is -0.590. The standard InChI is InChI=1S/C6H2BrClN2/c7-5-2-1-4(3-9)10-6(5)8/h1-2H. The molecule has 0 saturated carbocycles. The molecule has 0 aromatic carbocycles. The van der Waals surface area contributed by atoms with E-state index in [-0.39, 0.29) is 0 Å². The van der Waals surface area contributed by atoms with Crippen molar-refractivity contribution in [3.05, 3.63) is 27.5 Å². The SMILES string of the molecule is N#Cc1ccc(Br)c(Cl)n1. The molecule has 0 aliphatic rings. The second-order valence-electron chi connectivity index (χ2n) is 1.58. The molecular weight excluding hydrogens is 215 g/mol. The number of hydrogen-bond acceptors (Lipinski definition) is 2. The highest BCUT2D eigenvalue weighted by Crippen LogP contribution is 2.19. The van der Waals surface area contributed by atoms with Gasteiger partial charge in [-0.3, -0.25) is 0 Å². The van der Waals surface area contributed by atoms with E-state index in [1.54, 1.807) is 12.1 Å². The lowest BCUT2D eigenvalue weighted by Gasteiger charge is -1.92. The third kappa shape index (κ3) is 1.47. The summed E-state index contributed by atoms with van der Waals surface area (Å²) in [6, 6.07) is 5.16. The number of hydrogen-bond donors (Lipinski definition) is 0. The molecule has 0 bridgehead atoms.